The van der Waals surface area contributed by atoms with Crippen molar-refractivity contribution in [3.63, 3.8) is 0 Å². The predicted octanol–water partition coefficient (Wildman–Crippen LogP) is 3.29. The molecule has 2 amide bonds. The third kappa shape index (κ3) is 6.05. The largest absolute Gasteiger partial charge is 0.452 e. The van der Waals surface area contributed by atoms with Crippen LogP contribution in [0.3, 0.4) is 0 Å². The van der Waals surface area contributed by atoms with Gasteiger partial charge in [-0.25, -0.2) is 0 Å². The summed E-state index contributed by atoms with van der Waals surface area (Å²) in [6, 6.07) is 8.61. The van der Waals surface area contributed by atoms with Gasteiger partial charge in [0.05, 0.1) is 16.7 Å². The van der Waals surface area contributed by atoms with E-state index in [0.717, 1.165) is 12.8 Å². The molecule has 1 fully saturated rings. The minimum atomic E-state index is -1.04. The van der Waals surface area contributed by atoms with Crippen LogP contribution in [-0.4, -0.2) is 29.4 Å². The summed E-state index contributed by atoms with van der Waals surface area (Å²) in [6.45, 7) is 7.14. The van der Waals surface area contributed by atoms with Crippen LogP contribution in [0.5, 0.6) is 0 Å². The molecule has 1 aliphatic carbocycles. The van der Waals surface area contributed by atoms with Crippen LogP contribution < -0.4 is 10.6 Å². The Morgan fingerprint density at radius 2 is 1.83 bits per heavy atom. The maximum Gasteiger partial charge on any atom is 0.313 e. The molecular formula is C22H29N3O4. The number of para-hydroxylation sites is 1. The number of hydrogen-bond acceptors (Lipinski definition) is 5. The lowest BCUT2D eigenvalue weighted by Gasteiger charge is -2.29. The van der Waals surface area contributed by atoms with E-state index in [-0.39, 0.29) is 17.9 Å². The maximum absolute atomic E-state index is 12.9. The van der Waals surface area contributed by atoms with Crippen molar-refractivity contribution >= 4 is 23.5 Å². The predicted molar refractivity (Wildman–Crippen MR) is 109 cm³/mol. The SMILES string of the molecule is CC(OC(=O)C1(CC(=O)NC(C)(C)C)CCCC1)C(=O)Nc1ccccc1C#N. The van der Waals surface area contributed by atoms with E-state index >= 15 is 0 Å². The normalized spacial score (nSPS) is 16.4. The standard InChI is InChI=1S/C22H29N3O4/c1-15(19(27)24-17-10-6-5-9-16(17)14-23)29-20(28)22(11-7-8-12-22)13-18(26)25-21(2,3)4/h5-6,9-10,15H,7-8,11-13H2,1-4H3,(H,24,27)(H,25,26). The van der Waals surface area contributed by atoms with Gasteiger partial charge in [-0.15, -0.1) is 0 Å². The van der Waals surface area contributed by atoms with Crippen molar-refractivity contribution in [3.05, 3.63) is 29.8 Å². The van der Waals surface area contributed by atoms with Crippen molar-refractivity contribution in [2.45, 2.75) is 71.4 Å². The van der Waals surface area contributed by atoms with E-state index in [2.05, 4.69) is 10.6 Å². The molecule has 0 bridgehead atoms. The molecule has 2 rings (SSSR count). The van der Waals surface area contributed by atoms with Crippen molar-refractivity contribution in [1.29, 1.82) is 5.26 Å². The number of ether oxygens (including phenoxy) is 1. The molecule has 1 aromatic carbocycles. The fourth-order valence-electron chi connectivity index (χ4n) is 3.54. The number of nitrogens with one attached hydrogen (secondary N) is 2. The second-order valence-corrected chi connectivity index (χ2v) is 8.66. The second kappa shape index (κ2) is 9.08. The Kier molecular flexibility index (Phi) is 7.02. The third-order valence-electron chi connectivity index (χ3n) is 4.97. The topological polar surface area (TPSA) is 108 Å². The van der Waals surface area contributed by atoms with E-state index < -0.39 is 23.4 Å². The van der Waals surface area contributed by atoms with Gasteiger partial charge in [0.1, 0.15) is 6.07 Å². The first-order valence-electron chi connectivity index (χ1n) is 9.88. The summed E-state index contributed by atoms with van der Waals surface area (Å²) in [5.74, 6) is -1.24. The van der Waals surface area contributed by atoms with E-state index in [9.17, 15) is 14.4 Å². The molecule has 1 saturated carbocycles. The van der Waals surface area contributed by atoms with E-state index in [1.807, 2.05) is 26.8 Å². The molecule has 156 valence electrons. The summed E-state index contributed by atoms with van der Waals surface area (Å²) in [7, 11) is 0. The number of esters is 1. The first kappa shape index (κ1) is 22.4. The highest BCUT2D eigenvalue weighted by Gasteiger charge is 2.45. The van der Waals surface area contributed by atoms with Crippen LogP contribution in [0.2, 0.25) is 0 Å². The maximum atomic E-state index is 12.9. The number of carbonyl (C=O) groups is 3. The fourth-order valence-corrected chi connectivity index (χ4v) is 3.54. The first-order valence-corrected chi connectivity index (χ1v) is 9.88. The Balaban J connectivity index is 2.04. The van der Waals surface area contributed by atoms with Gasteiger partial charge in [-0.05, 0) is 52.7 Å². The summed E-state index contributed by atoms with van der Waals surface area (Å²) in [4.78, 5) is 37.8. The number of nitriles is 1. The average Bonchev–Trinajstić information content (AvgIpc) is 3.10. The van der Waals surface area contributed by atoms with Crippen LogP contribution in [0.15, 0.2) is 24.3 Å². The Morgan fingerprint density at radius 1 is 1.21 bits per heavy atom. The average molecular weight is 399 g/mol. The minimum absolute atomic E-state index is 0.0503. The number of benzene rings is 1. The quantitative estimate of drug-likeness (QED) is 0.714. The van der Waals surface area contributed by atoms with E-state index in [1.54, 1.807) is 24.3 Å². The van der Waals surface area contributed by atoms with Crippen LogP contribution >= 0.6 is 0 Å². The summed E-state index contributed by atoms with van der Waals surface area (Å²) >= 11 is 0. The summed E-state index contributed by atoms with van der Waals surface area (Å²) < 4.78 is 5.46. The van der Waals surface area contributed by atoms with Crippen molar-refractivity contribution in [2.24, 2.45) is 5.41 Å². The van der Waals surface area contributed by atoms with Crippen molar-refractivity contribution in [3.8, 4) is 6.07 Å². The lowest BCUT2D eigenvalue weighted by Crippen LogP contribution is -2.45. The number of amides is 2. The summed E-state index contributed by atoms with van der Waals surface area (Å²) in [6.07, 6.45) is 1.82. The highest BCUT2D eigenvalue weighted by atomic mass is 16.5. The Bertz CT molecular complexity index is 814. The molecule has 1 atom stereocenters. The first-order chi connectivity index (χ1) is 13.6. The Labute approximate surface area is 171 Å². The summed E-state index contributed by atoms with van der Waals surface area (Å²) in [5.41, 5.74) is -0.593. The molecule has 29 heavy (non-hydrogen) atoms. The number of carbonyl (C=O) groups excluding carboxylic acids is 3. The van der Waals surface area contributed by atoms with Crippen molar-refractivity contribution < 1.29 is 19.1 Å². The molecule has 1 aliphatic rings. The van der Waals surface area contributed by atoms with Gasteiger partial charge in [-0.2, -0.15) is 5.26 Å². The van der Waals surface area contributed by atoms with Crippen LogP contribution in [0.25, 0.3) is 0 Å². The number of rotatable bonds is 6. The molecule has 7 heteroatoms. The lowest BCUT2D eigenvalue weighted by atomic mass is 9.82. The zero-order chi connectivity index (χ0) is 21.7. The highest BCUT2D eigenvalue weighted by molar-refractivity contribution is 5.96. The minimum Gasteiger partial charge on any atom is -0.452 e. The molecule has 0 radical (unpaired) electrons. The summed E-state index contributed by atoms with van der Waals surface area (Å²) in [5, 5.41) is 14.6. The third-order valence-corrected chi connectivity index (χ3v) is 4.97. The number of nitrogens with zero attached hydrogens (tertiary/aromatic N) is 1. The second-order valence-electron chi connectivity index (χ2n) is 8.66. The molecular weight excluding hydrogens is 370 g/mol. The van der Waals surface area contributed by atoms with Gasteiger partial charge >= 0.3 is 5.97 Å². The van der Waals surface area contributed by atoms with Crippen molar-refractivity contribution in [2.75, 3.05) is 5.32 Å². The van der Waals surface area contributed by atoms with Gasteiger partial charge in [0.2, 0.25) is 5.91 Å². The Morgan fingerprint density at radius 3 is 2.41 bits per heavy atom. The molecule has 2 N–H and O–H groups in total. The van der Waals surface area contributed by atoms with Gasteiger partial charge in [0, 0.05) is 12.0 Å². The number of anilines is 1. The van der Waals surface area contributed by atoms with Crippen molar-refractivity contribution in [1.82, 2.24) is 5.32 Å². The van der Waals surface area contributed by atoms with Crippen LogP contribution in [0.1, 0.15) is 65.4 Å². The monoisotopic (exact) mass is 399 g/mol. The molecule has 0 aliphatic heterocycles. The molecule has 7 nitrogen and oxygen atoms in total. The zero-order valence-electron chi connectivity index (χ0n) is 17.5. The molecule has 0 aromatic heterocycles. The van der Waals surface area contributed by atoms with Gasteiger partial charge in [0.25, 0.3) is 5.91 Å². The van der Waals surface area contributed by atoms with E-state index in [1.165, 1.54) is 6.92 Å². The van der Waals surface area contributed by atoms with Crippen LogP contribution in [0.4, 0.5) is 5.69 Å². The smallest absolute Gasteiger partial charge is 0.313 e. The van der Waals surface area contributed by atoms with Gasteiger partial charge in [0.15, 0.2) is 6.10 Å². The van der Waals surface area contributed by atoms with Crippen LogP contribution in [0, 0.1) is 16.7 Å². The van der Waals surface area contributed by atoms with Gasteiger partial charge < -0.3 is 15.4 Å². The van der Waals surface area contributed by atoms with E-state index in [0.29, 0.717) is 24.1 Å². The fraction of sp³-hybridized carbons (Fsp3) is 0.545. The van der Waals surface area contributed by atoms with E-state index in [4.69, 9.17) is 10.00 Å². The van der Waals surface area contributed by atoms with Gasteiger partial charge in [-0.3, -0.25) is 14.4 Å². The zero-order valence-corrected chi connectivity index (χ0v) is 17.5. The number of hydrogen-bond donors (Lipinski definition) is 2. The highest BCUT2D eigenvalue weighted by Crippen LogP contribution is 2.42. The molecule has 1 aromatic rings. The molecule has 0 saturated heterocycles. The Hall–Kier alpha value is -2.88. The molecule has 1 unspecified atom stereocenters. The molecule has 0 heterocycles. The molecule has 0 spiro atoms. The lowest BCUT2D eigenvalue weighted by molar-refractivity contribution is -0.165. The van der Waals surface area contributed by atoms with Crippen LogP contribution in [-0.2, 0) is 19.1 Å². The van der Waals surface area contributed by atoms with Gasteiger partial charge in [-0.1, -0.05) is 25.0 Å².